The number of ether oxygens (including phenoxy) is 2. The maximum atomic E-state index is 6.25. The second kappa shape index (κ2) is 6.86. The highest BCUT2D eigenvalue weighted by Gasteiger charge is 2.16. The van der Waals surface area contributed by atoms with E-state index >= 15 is 0 Å². The Morgan fingerprint density at radius 3 is 2.38 bits per heavy atom. The van der Waals surface area contributed by atoms with Crippen LogP contribution in [0.5, 0.6) is 11.5 Å². The Labute approximate surface area is 130 Å². The van der Waals surface area contributed by atoms with Gasteiger partial charge < -0.3 is 9.47 Å². The van der Waals surface area contributed by atoms with Crippen molar-refractivity contribution in [3.05, 3.63) is 58.6 Å². The molecule has 3 heteroatoms. The van der Waals surface area contributed by atoms with Gasteiger partial charge in [0.15, 0.2) is 11.5 Å². The molecule has 0 unspecified atom stereocenters. The summed E-state index contributed by atoms with van der Waals surface area (Å²) >= 11 is 6.25. The van der Waals surface area contributed by atoms with Gasteiger partial charge in [-0.15, -0.1) is 0 Å². The average Bonchev–Trinajstić information content (AvgIpc) is 2.53. The first-order valence-electron chi connectivity index (χ1n) is 7.45. The third-order valence-electron chi connectivity index (χ3n) is 3.68. The van der Waals surface area contributed by atoms with Gasteiger partial charge in [0.05, 0.1) is 5.02 Å². The predicted octanol–water partition coefficient (Wildman–Crippen LogP) is 4.68. The summed E-state index contributed by atoms with van der Waals surface area (Å²) in [5, 5.41) is 0.658. The molecule has 3 rings (SSSR count). The minimum Gasteiger partial charge on any atom is -0.486 e. The van der Waals surface area contributed by atoms with E-state index in [1.807, 2.05) is 6.07 Å². The highest BCUT2D eigenvalue weighted by atomic mass is 35.5. The van der Waals surface area contributed by atoms with Crippen molar-refractivity contribution >= 4 is 11.6 Å². The van der Waals surface area contributed by atoms with Crippen LogP contribution in [0.3, 0.4) is 0 Å². The zero-order chi connectivity index (χ0) is 14.5. The Balaban J connectivity index is 1.55. The van der Waals surface area contributed by atoms with E-state index in [1.54, 1.807) is 0 Å². The maximum absolute atomic E-state index is 6.25. The summed E-state index contributed by atoms with van der Waals surface area (Å²) in [5.74, 6) is 1.47. The molecule has 1 aliphatic rings. The Hall–Kier alpha value is -1.67. The van der Waals surface area contributed by atoms with Crippen molar-refractivity contribution in [2.45, 2.75) is 25.7 Å². The van der Waals surface area contributed by atoms with Crippen molar-refractivity contribution < 1.29 is 9.47 Å². The number of unbranched alkanes of at least 4 members (excludes halogenated alkanes) is 1. The molecule has 110 valence electrons. The lowest BCUT2D eigenvalue weighted by atomic mass is 10.0. The molecule has 0 aromatic heterocycles. The average molecular weight is 303 g/mol. The van der Waals surface area contributed by atoms with Gasteiger partial charge in [-0.1, -0.05) is 41.9 Å². The Bertz CT molecular complexity index is 596. The van der Waals surface area contributed by atoms with Crippen molar-refractivity contribution in [1.29, 1.82) is 0 Å². The zero-order valence-corrected chi connectivity index (χ0v) is 12.7. The molecule has 0 aliphatic carbocycles. The topological polar surface area (TPSA) is 18.5 Å². The van der Waals surface area contributed by atoms with E-state index in [0.29, 0.717) is 24.0 Å². The maximum Gasteiger partial charge on any atom is 0.179 e. The number of aryl methyl sites for hydroxylation is 2. The van der Waals surface area contributed by atoms with Crippen LogP contribution in [0.2, 0.25) is 5.02 Å². The lowest BCUT2D eigenvalue weighted by Crippen LogP contribution is -2.15. The van der Waals surface area contributed by atoms with Crippen LogP contribution in [-0.2, 0) is 12.8 Å². The van der Waals surface area contributed by atoms with E-state index in [2.05, 4.69) is 36.4 Å². The monoisotopic (exact) mass is 302 g/mol. The van der Waals surface area contributed by atoms with Crippen LogP contribution in [-0.4, -0.2) is 13.2 Å². The molecule has 2 aromatic rings. The molecule has 1 heterocycles. The van der Waals surface area contributed by atoms with Gasteiger partial charge in [-0.3, -0.25) is 0 Å². The summed E-state index contributed by atoms with van der Waals surface area (Å²) in [6.07, 6.45) is 4.46. The highest BCUT2D eigenvalue weighted by Crippen LogP contribution is 2.38. The number of fused-ring (bicyclic) bond motifs is 1. The van der Waals surface area contributed by atoms with E-state index in [9.17, 15) is 0 Å². The lowest BCUT2D eigenvalue weighted by molar-refractivity contribution is 0.171. The summed E-state index contributed by atoms with van der Waals surface area (Å²) in [4.78, 5) is 0. The zero-order valence-electron chi connectivity index (χ0n) is 12.0. The van der Waals surface area contributed by atoms with Crippen molar-refractivity contribution in [3.8, 4) is 11.5 Å². The second-order valence-electron chi connectivity index (χ2n) is 5.29. The van der Waals surface area contributed by atoms with E-state index < -0.39 is 0 Å². The van der Waals surface area contributed by atoms with Crippen molar-refractivity contribution in [3.63, 3.8) is 0 Å². The summed E-state index contributed by atoms with van der Waals surface area (Å²) in [6.45, 7) is 1.17. The Kier molecular flexibility index (Phi) is 4.66. The fraction of sp³-hybridized carbons (Fsp3) is 0.333. The van der Waals surface area contributed by atoms with E-state index in [4.69, 9.17) is 21.1 Å². The molecule has 0 saturated carbocycles. The minimum absolute atomic E-state index is 0.573. The van der Waals surface area contributed by atoms with E-state index in [-0.39, 0.29) is 0 Å². The van der Waals surface area contributed by atoms with Crippen LogP contribution >= 0.6 is 11.6 Å². The molecule has 21 heavy (non-hydrogen) atoms. The predicted molar refractivity (Wildman–Crippen MR) is 85.5 cm³/mol. The fourth-order valence-electron chi connectivity index (χ4n) is 2.61. The summed E-state index contributed by atoms with van der Waals surface area (Å²) in [5.41, 5.74) is 2.62. The largest absolute Gasteiger partial charge is 0.486 e. The standard InChI is InChI=1S/C18H19ClO2/c19-16-12-15(13-17-18(16)21-11-10-20-17)9-5-4-8-14-6-2-1-3-7-14/h1-3,6-7,12-13H,4-5,8-11H2. The Morgan fingerprint density at radius 2 is 1.57 bits per heavy atom. The van der Waals surface area contributed by atoms with Crippen molar-refractivity contribution in [1.82, 2.24) is 0 Å². The molecular formula is C18H19ClO2. The summed E-state index contributed by atoms with van der Waals surface area (Å²) in [7, 11) is 0. The Morgan fingerprint density at radius 1 is 0.857 bits per heavy atom. The van der Waals surface area contributed by atoms with Crippen LogP contribution in [0.15, 0.2) is 42.5 Å². The smallest absolute Gasteiger partial charge is 0.179 e. The molecule has 0 bridgehead atoms. The number of hydrogen-bond acceptors (Lipinski definition) is 2. The molecule has 0 spiro atoms. The van der Waals surface area contributed by atoms with Crippen LogP contribution in [0, 0.1) is 0 Å². The first kappa shape index (κ1) is 14.3. The van der Waals surface area contributed by atoms with Crippen LogP contribution in [0.25, 0.3) is 0 Å². The van der Waals surface area contributed by atoms with Gasteiger partial charge in [0.2, 0.25) is 0 Å². The molecule has 0 saturated heterocycles. The van der Waals surface area contributed by atoms with Gasteiger partial charge in [-0.2, -0.15) is 0 Å². The number of rotatable bonds is 5. The highest BCUT2D eigenvalue weighted by molar-refractivity contribution is 6.32. The van der Waals surface area contributed by atoms with Gasteiger partial charge >= 0.3 is 0 Å². The van der Waals surface area contributed by atoms with Crippen molar-refractivity contribution in [2.24, 2.45) is 0 Å². The van der Waals surface area contributed by atoms with E-state index in [1.165, 1.54) is 17.5 Å². The van der Waals surface area contributed by atoms with Gasteiger partial charge in [0.25, 0.3) is 0 Å². The molecule has 0 N–H and O–H groups in total. The molecule has 0 radical (unpaired) electrons. The second-order valence-corrected chi connectivity index (χ2v) is 5.70. The molecule has 2 aromatic carbocycles. The third-order valence-corrected chi connectivity index (χ3v) is 3.96. The van der Waals surface area contributed by atoms with Crippen LogP contribution in [0.4, 0.5) is 0 Å². The normalized spacial score (nSPS) is 13.2. The van der Waals surface area contributed by atoms with Gasteiger partial charge in [-0.05, 0) is 48.9 Å². The number of benzene rings is 2. The summed E-state index contributed by atoms with van der Waals surface area (Å²) < 4.78 is 11.1. The molecule has 0 atom stereocenters. The quantitative estimate of drug-likeness (QED) is 0.747. The molecule has 0 fully saturated rings. The van der Waals surface area contributed by atoms with Crippen molar-refractivity contribution in [2.75, 3.05) is 13.2 Å². The van der Waals surface area contributed by atoms with Crippen LogP contribution < -0.4 is 9.47 Å². The lowest BCUT2D eigenvalue weighted by Gasteiger charge is -2.20. The SMILES string of the molecule is Clc1cc(CCCCc2ccccc2)cc2c1OCCO2. The first-order chi connectivity index (χ1) is 10.3. The molecule has 0 amide bonds. The van der Waals surface area contributed by atoms with Gasteiger partial charge in [0, 0.05) is 0 Å². The number of hydrogen-bond donors (Lipinski definition) is 0. The van der Waals surface area contributed by atoms with Crippen LogP contribution in [0.1, 0.15) is 24.0 Å². The van der Waals surface area contributed by atoms with Gasteiger partial charge in [0.1, 0.15) is 13.2 Å². The van der Waals surface area contributed by atoms with E-state index in [0.717, 1.165) is 25.0 Å². The first-order valence-corrected chi connectivity index (χ1v) is 7.83. The van der Waals surface area contributed by atoms with Gasteiger partial charge in [-0.25, -0.2) is 0 Å². The number of halogens is 1. The fourth-order valence-corrected chi connectivity index (χ4v) is 2.90. The molecule has 2 nitrogen and oxygen atoms in total. The third kappa shape index (κ3) is 3.70. The molecular weight excluding hydrogens is 284 g/mol. The molecule has 1 aliphatic heterocycles. The minimum atomic E-state index is 0.573. The summed E-state index contributed by atoms with van der Waals surface area (Å²) in [6, 6.07) is 14.7.